The van der Waals surface area contributed by atoms with Gasteiger partial charge in [-0.1, -0.05) is 0 Å². The molecule has 0 saturated carbocycles. The number of carboxylic acid groups (broad SMARTS) is 1. The third-order valence-electron chi connectivity index (χ3n) is 2.94. The summed E-state index contributed by atoms with van der Waals surface area (Å²) in [6, 6.07) is 0. The molecule has 1 aliphatic heterocycles. The zero-order chi connectivity index (χ0) is 13.0. The van der Waals surface area contributed by atoms with Crippen LogP contribution in [0.2, 0.25) is 0 Å². The highest BCUT2D eigenvalue weighted by Crippen LogP contribution is 2.25. The molecule has 98 valence electrons. The highest BCUT2D eigenvalue weighted by Gasteiger charge is 2.40. The highest BCUT2D eigenvalue weighted by molar-refractivity contribution is 5.82. The molecule has 0 unspecified atom stereocenters. The van der Waals surface area contributed by atoms with Gasteiger partial charge in [-0.3, -0.25) is 4.98 Å². The lowest BCUT2D eigenvalue weighted by Crippen LogP contribution is -2.50. The Morgan fingerprint density at radius 3 is 2.83 bits per heavy atom. The predicted molar refractivity (Wildman–Crippen MR) is 62.6 cm³/mol. The maximum atomic E-state index is 11.4. The quantitative estimate of drug-likeness (QED) is 0.808. The largest absolute Gasteiger partial charge is 0.480 e. The van der Waals surface area contributed by atoms with Crippen molar-refractivity contribution in [2.24, 2.45) is 0 Å². The number of aliphatic carboxylic acids is 1. The summed E-state index contributed by atoms with van der Waals surface area (Å²) in [7, 11) is 1.48. The zero-order valence-electron chi connectivity index (χ0n) is 10.0. The second-order valence-corrected chi connectivity index (χ2v) is 4.07. The summed E-state index contributed by atoms with van der Waals surface area (Å²) in [6.07, 6.45) is 3.72. The minimum absolute atomic E-state index is 0.340. The fraction of sp³-hybridized carbons (Fsp3) is 0.545. The molecule has 0 aromatic carbocycles. The van der Waals surface area contributed by atoms with Gasteiger partial charge < -0.3 is 19.9 Å². The number of carboxylic acids is 1. The molecule has 0 aliphatic carbocycles. The minimum atomic E-state index is -1.04. The van der Waals surface area contributed by atoms with Gasteiger partial charge in [0, 0.05) is 26.1 Å². The molecule has 2 N–H and O–H groups in total. The fourth-order valence-corrected chi connectivity index (χ4v) is 1.86. The summed E-state index contributed by atoms with van der Waals surface area (Å²) in [6.45, 7) is 0.827. The lowest BCUT2D eigenvalue weighted by Gasteiger charge is -2.34. The van der Waals surface area contributed by atoms with Crippen LogP contribution in [-0.2, 0) is 9.53 Å². The maximum absolute atomic E-state index is 11.4. The Balaban J connectivity index is 2.20. The number of hydrogen-bond donors (Lipinski definition) is 2. The number of ether oxygens (including phenoxy) is 2. The van der Waals surface area contributed by atoms with E-state index in [4.69, 9.17) is 9.47 Å². The van der Waals surface area contributed by atoms with Gasteiger partial charge >= 0.3 is 5.97 Å². The molecule has 7 nitrogen and oxygen atoms in total. The molecule has 2 rings (SSSR count). The summed E-state index contributed by atoms with van der Waals surface area (Å²) < 4.78 is 10.1. The Kier molecular flexibility index (Phi) is 3.61. The molecule has 0 bridgehead atoms. The van der Waals surface area contributed by atoms with Gasteiger partial charge in [0.05, 0.1) is 19.5 Å². The number of rotatable bonds is 4. The number of anilines is 1. The molecule has 1 saturated heterocycles. The SMILES string of the molecule is COc1cncc(NC2(C(=O)O)CCOCC2)n1. The van der Waals surface area contributed by atoms with E-state index in [9.17, 15) is 9.90 Å². The molecule has 0 amide bonds. The second kappa shape index (κ2) is 5.18. The summed E-state index contributed by atoms with van der Waals surface area (Å²) in [5.41, 5.74) is -1.04. The van der Waals surface area contributed by atoms with Crippen LogP contribution in [0.15, 0.2) is 12.4 Å². The van der Waals surface area contributed by atoms with Crippen molar-refractivity contribution in [3.05, 3.63) is 12.4 Å². The number of nitrogens with zero attached hydrogens (tertiary/aromatic N) is 2. The molecule has 1 aromatic heterocycles. The first-order valence-electron chi connectivity index (χ1n) is 5.62. The number of methoxy groups -OCH3 is 1. The van der Waals surface area contributed by atoms with Crippen LogP contribution in [-0.4, -0.2) is 46.9 Å². The molecule has 1 aromatic rings. The van der Waals surface area contributed by atoms with E-state index in [2.05, 4.69) is 15.3 Å². The van der Waals surface area contributed by atoms with Crippen LogP contribution >= 0.6 is 0 Å². The average molecular weight is 253 g/mol. The summed E-state index contributed by atoms with van der Waals surface area (Å²) in [5, 5.41) is 12.3. The summed E-state index contributed by atoms with van der Waals surface area (Å²) in [5.74, 6) is -0.179. The van der Waals surface area contributed by atoms with Crippen molar-refractivity contribution in [3.8, 4) is 5.88 Å². The van der Waals surface area contributed by atoms with Crippen molar-refractivity contribution in [1.82, 2.24) is 9.97 Å². The molecule has 7 heteroatoms. The topological polar surface area (TPSA) is 93.6 Å². The molecule has 1 fully saturated rings. The third-order valence-corrected chi connectivity index (χ3v) is 2.94. The highest BCUT2D eigenvalue weighted by atomic mass is 16.5. The van der Waals surface area contributed by atoms with Gasteiger partial charge in [-0.15, -0.1) is 0 Å². The van der Waals surface area contributed by atoms with Gasteiger partial charge in [0.1, 0.15) is 11.4 Å². The van der Waals surface area contributed by atoms with Crippen molar-refractivity contribution >= 4 is 11.8 Å². The Labute approximate surface area is 104 Å². The Morgan fingerprint density at radius 1 is 1.50 bits per heavy atom. The van der Waals surface area contributed by atoms with E-state index < -0.39 is 11.5 Å². The Bertz CT molecular complexity index is 432. The molecule has 18 heavy (non-hydrogen) atoms. The monoisotopic (exact) mass is 253 g/mol. The third kappa shape index (κ3) is 2.51. The number of carbonyl (C=O) groups is 1. The zero-order valence-corrected chi connectivity index (χ0v) is 10.0. The normalized spacial score (nSPS) is 18.1. The lowest BCUT2D eigenvalue weighted by molar-refractivity contribution is -0.145. The van der Waals surface area contributed by atoms with E-state index in [1.807, 2.05) is 0 Å². The Morgan fingerprint density at radius 2 is 2.22 bits per heavy atom. The van der Waals surface area contributed by atoms with Crippen LogP contribution in [0.5, 0.6) is 5.88 Å². The smallest absolute Gasteiger partial charge is 0.329 e. The first kappa shape index (κ1) is 12.6. The van der Waals surface area contributed by atoms with E-state index >= 15 is 0 Å². The average Bonchev–Trinajstić information content (AvgIpc) is 2.40. The van der Waals surface area contributed by atoms with E-state index in [-0.39, 0.29) is 0 Å². The molecule has 0 atom stereocenters. The van der Waals surface area contributed by atoms with E-state index in [0.29, 0.717) is 37.8 Å². The molecular formula is C11H15N3O4. The molecule has 2 heterocycles. The number of nitrogens with one attached hydrogen (secondary N) is 1. The van der Waals surface area contributed by atoms with Crippen LogP contribution in [0.3, 0.4) is 0 Å². The number of aromatic nitrogens is 2. The van der Waals surface area contributed by atoms with Crippen molar-refractivity contribution in [3.63, 3.8) is 0 Å². The molecular weight excluding hydrogens is 238 g/mol. The van der Waals surface area contributed by atoms with Crippen molar-refractivity contribution < 1.29 is 19.4 Å². The summed E-state index contributed by atoms with van der Waals surface area (Å²) in [4.78, 5) is 19.5. The first-order chi connectivity index (χ1) is 8.66. The lowest BCUT2D eigenvalue weighted by atomic mass is 9.90. The molecule has 0 spiro atoms. The summed E-state index contributed by atoms with van der Waals surface area (Å²) >= 11 is 0. The molecule has 1 aliphatic rings. The van der Waals surface area contributed by atoms with Crippen LogP contribution in [0, 0.1) is 0 Å². The van der Waals surface area contributed by atoms with Gasteiger partial charge in [-0.05, 0) is 0 Å². The minimum Gasteiger partial charge on any atom is -0.480 e. The second-order valence-electron chi connectivity index (χ2n) is 4.07. The van der Waals surface area contributed by atoms with Crippen molar-refractivity contribution in [1.29, 1.82) is 0 Å². The maximum Gasteiger partial charge on any atom is 0.329 e. The van der Waals surface area contributed by atoms with Crippen LogP contribution in [0.25, 0.3) is 0 Å². The predicted octanol–water partition coefficient (Wildman–Crippen LogP) is 0.531. The Hall–Kier alpha value is -1.89. The first-order valence-corrected chi connectivity index (χ1v) is 5.62. The van der Waals surface area contributed by atoms with E-state index in [0.717, 1.165) is 0 Å². The van der Waals surface area contributed by atoms with Crippen LogP contribution < -0.4 is 10.1 Å². The fourth-order valence-electron chi connectivity index (χ4n) is 1.86. The van der Waals surface area contributed by atoms with Crippen molar-refractivity contribution in [2.75, 3.05) is 25.6 Å². The van der Waals surface area contributed by atoms with E-state index in [1.165, 1.54) is 19.5 Å². The van der Waals surface area contributed by atoms with Gasteiger partial charge in [-0.2, -0.15) is 4.98 Å². The molecule has 0 radical (unpaired) electrons. The number of hydrogen-bond acceptors (Lipinski definition) is 6. The van der Waals surface area contributed by atoms with Crippen LogP contribution in [0.4, 0.5) is 5.82 Å². The van der Waals surface area contributed by atoms with Gasteiger partial charge in [-0.25, -0.2) is 4.79 Å². The van der Waals surface area contributed by atoms with Gasteiger partial charge in [0.2, 0.25) is 5.88 Å². The van der Waals surface area contributed by atoms with Crippen LogP contribution in [0.1, 0.15) is 12.8 Å². The van der Waals surface area contributed by atoms with E-state index in [1.54, 1.807) is 0 Å². The standard InChI is InChI=1S/C11H15N3O4/c1-17-9-7-12-6-8(13-9)14-11(10(15)16)2-4-18-5-3-11/h6-7H,2-5H2,1H3,(H,13,14)(H,15,16). The van der Waals surface area contributed by atoms with Gasteiger partial charge in [0.15, 0.2) is 0 Å². The van der Waals surface area contributed by atoms with Crippen molar-refractivity contribution in [2.45, 2.75) is 18.4 Å². The van der Waals surface area contributed by atoms with Gasteiger partial charge in [0.25, 0.3) is 0 Å².